The molecule has 4 aliphatic rings. The molecule has 0 radical (unpaired) electrons. The van der Waals surface area contributed by atoms with Gasteiger partial charge in [-0.25, -0.2) is 0 Å². The quantitative estimate of drug-likeness (QED) is 0.128. The molecule has 0 amide bonds. The third-order valence-corrected chi connectivity index (χ3v) is 11.1. The van der Waals surface area contributed by atoms with Crippen molar-refractivity contribution >= 4 is 33.8 Å². The second-order valence-corrected chi connectivity index (χ2v) is 14.3. The van der Waals surface area contributed by atoms with E-state index in [-0.39, 0.29) is 6.04 Å². The van der Waals surface area contributed by atoms with Gasteiger partial charge in [-0.3, -0.25) is 4.99 Å². The molecule has 0 saturated heterocycles. The van der Waals surface area contributed by atoms with Crippen LogP contribution >= 0.6 is 0 Å². The first-order valence-electron chi connectivity index (χ1n) is 18.5. The lowest BCUT2D eigenvalue weighted by Gasteiger charge is -2.18. The van der Waals surface area contributed by atoms with Gasteiger partial charge in [0, 0.05) is 34.0 Å². The second kappa shape index (κ2) is 12.9. The molecule has 2 heteroatoms. The van der Waals surface area contributed by atoms with Gasteiger partial charge < -0.3 is 4.57 Å². The molecule has 4 aliphatic carbocycles. The summed E-state index contributed by atoms with van der Waals surface area (Å²) in [5, 5.41) is 1.30. The van der Waals surface area contributed by atoms with E-state index in [4.69, 9.17) is 4.99 Å². The molecule has 0 aliphatic heterocycles. The van der Waals surface area contributed by atoms with Gasteiger partial charge in [0.15, 0.2) is 0 Å². The smallest absolute Gasteiger partial charge is 0.0578 e. The maximum Gasteiger partial charge on any atom is 0.0578 e. The Labute approximate surface area is 301 Å². The first kappa shape index (κ1) is 31.3. The third-order valence-electron chi connectivity index (χ3n) is 11.1. The lowest BCUT2D eigenvalue weighted by atomic mass is 9.89. The van der Waals surface area contributed by atoms with Crippen molar-refractivity contribution in [2.24, 2.45) is 4.99 Å². The molecule has 1 aromatic heterocycles. The number of allylic oxidation sites excluding steroid dienone is 11. The van der Waals surface area contributed by atoms with Gasteiger partial charge in [-0.2, -0.15) is 0 Å². The highest BCUT2D eigenvalue weighted by molar-refractivity contribution is 6.06. The summed E-state index contributed by atoms with van der Waals surface area (Å²) < 4.78 is 2.54. The zero-order chi connectivity index (χ0) is 34.5. The molecule has 4 aromatic carbocycles. The van der Waals surface area contributed by atoms with Crippen LogP contribution in [0.1, 0.15) is 80.4 Å². The Morgan fingerprint density at radius 2 is 1.49 bits per heavy atom. The highest BCUT2D eigenvalue weighted by Crippen LogP contribution is 2.46. The van der Waals surface area contributed by atoms with Crippen LogP contribution in [-0.4, -0.2) is 10.3 Å². The van der Waals surface area contributed by atoms with Gasteiger partial charge in [-0.05, 0) is 127 Å². The summed E-state index contributed by atoms with van der Waals surface area (Å²) in [5.41, 5.74) is 24.4. The van der Waals surface area contributed by atoms with E-state index >= 15 is 0 Å². The Bertz CT molecular complexity index is 2500. The maximum atomic E-state index is 5.06. The summed E-state index contributed by atoms with van der Waals surface area (Å²) in [6.45, 7) is 6.53. The molecule has 51 heavy (non-hydrogen) atoms. The van der Waals surface area contributed by atoms with E-state index in [1.807, 2.05) is 0 Å². The second-order valence-electron chi connectivity index (χ2n) is 14.3. The van der Waals surface area contributed by atoms with E-state index in [9.17, 15) is 0 Å². The molecular weight excluding hydrogens is 617 g/mol. The van der Waals surface area contributed by atoms with Crippen LogP contribution in [-0.2, 0) is 6.42 Å². The minimum absolute atomic E-state index is 0.0510. The van der Waals surface area contributed by atoms with Crippen LogP contribution in [0.4, 0.5) is 0 Å². The SMILES string of the molecule is CC(=N/C(C)=C\C(C)n1c2c(c3cccc(-c4cccc(-c5cccc6c5CC5=C6CCC=C5)c4)c31)C1=C(C=C=C2)C=CCC1)c1ccccc1. The Balaban J connectivity index is 1.21. The molecule has 1 atom stereocenters. The van der Waals surface area contributed by atoms with Crippen molar-refractivity contribution in [2.75, 3.05) is 0 Å². The van der Waals surface area contributed by atoms with E-state index < -0.39 is 0 Å². The molecule has 248 valence electrons. The zero-order valence-corrected chi connectivity index (χ0v) is 29.7. The number of aliphatic imine (C=N–C) groups is 1. The Morgan fingerprint density at radius 3 is 2.35 bits per heavy atom. The number of hydrogen-bond donors (Lipinski definition) is 0. The molecule has 2 nitrogen and oxygen atoms in total. The van der Waals surface area contributed by atoms with Gasteiger partial charge in [-0.15, -0.1) is 5.73 Å². The van der Waals surface area contributed by atoms with Gasteiger partial charge in [0.1, 0.15) is 0 Å². The summed E-state index contributed by atoms with van der Waals surface area (Å²) >= 11 is 0. The molecule has 0 spiro atoms. The molecule has 0 saturated carbocycles. The number of aromatic nitrogens is 1. The first-order chi connectivity index (χ1) is 25.0. The zero-order valence-electron chi connectivity index (χ0n) is 29.7. The summed E-state index contributed by atoms with van der Waals surface area (Å²) in [6, 6.07) is 33.5. The van der Waals surface area contributed by atoms with Crippen molar-refractivity contribution in [3.05, 3.63) is 178 Å². The van der Waals surface area contributed by atoms with Crippen LogP contribution in [0.5, 0.6) is 0 Å². The monoisotopic (exact) mass is 658 g/mol. The van der Waals surface area contributed by atoms with Crippen molar-refractivity contribution in [1.29, 1.82) is 0 Å². The minimum atomic E-state index is 0.0510. The van der Waals surface area contributed by atoms with Crippen molar-refractivity contribution in [2.45, 2.75) is 58.9 Å². The molecule has 5 aromatic rings. The largest absolute Gasteiger partial charge is 0.333 e. The van der Waals surface area contributed by atoms with E-state index in [2.05, 4.69) is 165 Å². The first-order valence-corrected chi connectivity index (χ1v) is 18.5. The van der Waals surface area contributed by atoms with Gasteiger partial charge in [-0.1, -0.05) is 109 Å². The van der Waals surface area contributed by atoms with Crippen LogP contribution in [0.15, 0.2) is 155 Å². The summed E-state index contributed by atoms with van der Waals surface area (Å²) in [5.74, 6) is 0. The van der Waals surface area contributed by atoms with Crippen molar-refractivity contribution < 1.29 is 0 Å². The molecule has 9 rings (SSSR count). The van der Waals surface area contributed by atoms with Crippen LogP contribution in [0.2, 0.25) is 0 Å². The standard InChI is InChI=1S/C49H42N2/c1-32(50-34(3)35-15-5-4-6-16-35)29-33(2)51-47-28-12-19-36-17-7-10-23-42(36)48(47)45-27-14-25-43(49(45)51)38-21-11-20-37(30-38)41-24-13-26-44-40-22-9-8-18-39(40)31-46(41)44/h4-8,11,13-21,24-30,33H,9-10,22-23,31H2,1-3H3/b32-29-,50-34?. The number of hydrogen-bond acceptors (Lipinski definition) is 1. The molecule has 0 bridgehead atoms. The predicted octanol–water partition coefficient (Wildman–Crippen LogP) is 12.9. The predicted molar refractivity (Wildman–Crippen MR) is 217 cm³/mol. The average molecular weight is 659 g/mol. The number of benzene rings is 4. The number of para-hydroxylation sites is 1. The Hall–Kier alpha value is -5.69. The fourth-order valence-electron chi connectivity index (χ4n) is 8.83. The lowest BCUT2D eigenvalue weighted by molar-refractivity contribution is 0.676. The fraction of sp³-hybridized carbons (Fsp3) is 0.184. The molecule has 1 unspecified atom stereocenters. The van der Waals surface area contributed by atoms with Gasteiger partial charge in [0.2, 0.25) is 0 Å². The van der Waals surface area contributed by atoms with E-state index in [1.54, 1.807) is 5.57 Å². The Kier molecular flexibility index (Phi) is 7.91. The number of rotatable bonds is 6. The average Bonchev–Trinajstić information content (AvgIpc) is 3.64. The Morgan fingerprint density at radius 1 is 0.765 bits per heavy atom. The lowest BCUT2D eigenvalue weighted by Crippen LogP contribution is -2.07. The fourth-order valence-corrected chi connectivity index (χ4v) is 8.83. The minimum Gasteiger partial charge on any atom is -0.333 e. The van der Waals surface area contributed by atoms with Crippen molar-refractivity contribution in [3.63, 3.8) is 0 Å². The van der Waals surface area contributed by atoms with E-state index in [0.717, 1.165) is 49.1 Å². The van der Waals surface area contributed by atoms with Crippen LogP contribution in [0.25, 0.3) is 50.4 Å². The van der Waals surface area contributed by atoms with Gasteiger partial charge in [0.05, 0.1) is 17.3 Å². The number of nitrogens with zero attached hydrogens (tertiary/aromatic N) is 2. The topological polar surface area (TPSA) is 17.3 Å². The maximum absolute atomic E-state index is 5.06. The van der Waals surface area contributed by atoms with Crippen LogP contribution in [0, 0.1) is 0 Å². The highest BCUT2D eigenvalue weighted by atomic mass is 15.0. The van der Waals surface area contributed by atoms with Crippen LogP contribution < -0.4 is 0 Å². The summed E-state index contributed by atoms with van der Waals surface area (Å²) in [6.07, 6.45) is 21.3. The molecular formula is C49H42N2. The van der Waals surface area contributed by atoms with Gasteiger partial charge in [0.25, 0.3) is 0 Å². The third kappa shape index (κ3) is 5.48. The van der Waals surface area contributed by atoms with Crippen molar-refractivity contribution in [3.8, 4) is 22.3 Å². The molecule has 1 heterocycles. The summed E-state index contributed by atoms with van der Waals surface area (Å²) in [4.78, 5) is 5.06. The van der Waals surface area contributed by atoms with Crippen LogP contribution in [0.3, 0.4) is 0 Å². The molecule has 0 N–H and O–H groups in total. The number of fused-ring (bicyclic) bond motifs is 6. The van der Waals surface area contributed by atoms with Gasteiger partial charge >= 0.3 is 0 Å². The summed E-state index contributed by atoms with van der Waals surface area (Å²) in [7, 11) is 0. The van der Waals surface area contributed by atoms with Crippen molar-refractivity contribution in [1.82, 2.24) is 4.57 Å². The highest BCUT2D eigenvalue weighted by Gasteiger charge is 2.27. The van der Waals surface area contributed by atoms with E-state index in [1.165, 1.54) is 72.3 Å². The molecule has 0 fully saturated rings. The van der Waals surface area contributed by atoms with E-state index in [0.29, 0.717) is 0 Å². The normalized spacial score (nSPS) is 17.1.